The van der Waals surface area contributed by atoms with E-state index in [1.54, 1.807) is 0 Å². The van der Waals surface area contributed by atoms with Crippen molar-refractivity contribution in [2.45, 2.75) is 51.0 Å². The minimum atomic E-state index is -0.460. The molecular weight excluding hydrogens is 288 g/mol. The third-order valence-corrected chi connectivity index (χ3v) is 4.79. The number of hydrogen-bond donors (Lipinski definition) is 1. The first-order valence-corrected chi connectivity index (χ1v) is 8.40. The summed E-state index contributed by atoms with van der Waals surface area (Å²) < 4.78 is 11.4. The Morgan fingerprint density at radius 3 is 2.48 bits per heavy atom. The fourth-order valence-corrected chi connectivity index (χ4v) is 3.59. The maximum atomic E-state index is 10.7. The Morgan fingerprint density at radius 1 is 1.00 bits per heavy atom. The van der Waals surface area contributed by atoms with Crippen molar-refractivity contribution in [2.75, 3.05) is 13.2 Å². The molecule has 4 heteroatoms. The summed E-state index contributed by atoms with van der Waals surface area (Å²) in [6.07, 6.45) is 7.56. The maximum Gasteiger partial charge on any atom is 0.179 e. The second-order valence-corrected chi connectivity index (χ2v) is 6.48. The van der Waals surface area contributed by atoms with Crippen LogP contribution in [0.5, 0.6) is 11.5 Å². The van der Waals surface area contributed by atoms with E-state index in [1.807, 2.05) is 12.1 Å². The smallest absolute Gasteiger partial charge is 0.179 e. The van der Waals surface area contributed by atoms with E-state index in [-0.39, 0.29) is 0 Å². The molecule has 1 aromatic rings. The quantitative estimate of drug-likeness (QED) is 0.817. The number of halogens is 1. The minimum absolute atomic E-state index is 0.327. The molecule has 21 heavy (non-hydrogen) atoms. The molecule has 1 N–H and O–H groups in total. The molecule has 0 saturated heterocycles. The lowest BCUT2D eigenvalue weighted by Gasteiger charge is -2.23. The van der Waals surface area contributed by atoms with Crippen LogP contribution in [0.25, 0.3) is 0 Å². The molecule has 1 aliphatic heterocycles. The molecule has 1 aliphatic carbocycles. The summed E-state index contributed by atoms with van der Waals surface area (Å²) in [5, 5.41) is 11.3. The molecule has 116 valence electrons. The van der Waals surface area contributed by atoms with Crippen molar-refractivity contribution in [3.63, 3.8) is 0 Å². The highest BCUT2D eigenvalue weighted by Crippen LogP contribution is 2.42. The maximum absolute atomic E-state index is 10.7. The molecule has 0 aromatic heterocycles. The van der Waals surface area contributed by atoms with Crippen molar-refractivity contribution < 1.29 is 14.6 Å². The Morgan fingerprint density at radius 2 is 1.71 bits per heavy atom. The fourth-order valence-electron chi connectivity index (χ4n) is 3.32. The lowest BCUT2D eigenvalue weighted by atomic mass is 9.89. The summed E-state index contributed by atoms with van der Waals surface area (Å²) >= 11 is 6.32. The number of aliphatic hydroxyl groups excluding tert-OH is 1. The molecule has 0 bridgehead atoms. The summed E-state index contributed by atoms with van der Waals surface area (Å²) in [6.45, 7) is 1.25. The Kier molecular flexibility index (Phi) is 4.91. The summed E-state index contributed by atoms with van der Waals surface area (Å²) in [5.41, 5.74) is 0.858. The Bertz CT molecular complexity index is 481. The first-order chi connectivity index (χ1) is 10.3. The zero-order valence-electron chi connectivity index (χ0n) is 12.3. The van der Waals surface area contributed by atoms with Gasteiger partial charge in [-0.3, -0.25) is 0 Å². The van der Waals surface area contributed by atoms with Crippen LogP contribution in [0.2, 0.25) is 5.02 Å². The largest absolute Gasteiger partial charge is 0.489 e. The molecule has 0 amide bonds. The van der Waals surface area contributed by atoms with Gasteiger partial charge in [0.2, 0.25) is 0 Å². The average molecular weight is 311 g/mol. The monoisotopic (exact) mass is 310 g/mol. The summed E-state index contributed by atoms with van der Waals surface area (Å²) in [7, 11) is 0. The average Bonchev–Trinajstić information content (AvgIpc) is 2.89. The van der Waals surface area contributed by atoms with Crippen LogP contribution in [0.15, 0.2) is 12.1 Å². The van der Waals surface area contributed by atoms with Crippen LogP contribution < -0.4 is 9.47 Å². The minimum Gasteiger partial charge on any atom is -0.489 e. The van der Waals surface area contributed by atoms with Crippen molar-refractivity contribution >= 4 is 11.6 Å². The molecule has 1 aromatic carbocycles. The first kappa shape index (κ1) is 15.0. The molecule has 3 nitrogen and oxygen atoms in total. The van der Waals surface area contributed by atoms with Gasteiger partial charge < -0.3 is 14.6 Å². The number of benzene rings is 1. The SMILES string of the molecule is OC(c1cc(Cl)c2c(c1)OCCCO2)C1CCCCCC1. The molecule has 1 unspecified atom stereocenters. The summed E-state index contributed by atoms with van der Waals surface area (Å²) in [5.74, 6) is 1.61. The highest BCUT2D eigenvalue weighted by molar-refractivity contribution is 6.32. The fraction of sp³-hybridized carbons (Fsp3) is 0.647. The van der Waals surface area contributed by atoms with E-state index in [0.717, 1.165) is 24.8 Å². The van der Waals surface area contributed by atoms with Crippen molar-refractivity contribution in [1.29, 1.82) is 0 Å². The molecule has 1 atom stereocenters. The van der Waals surface area contributed by atoms with Gasteiger partial charge in [-0.15, -0.1) is 0 Å². The van der Waals surface area contributed by atoms with E-state index in [2.05, 4.69) is 0 Å². The van der Waals surface area contributed by atoms with Gasteiger partial charge in [0.15, 0.2) is 11.5 Å². The topological polar surface area (TPSA) is 38.7 Å². The normalized spacial score (nSPS) is 21.4. The molecule has 2 aliphatic rings. The van der Waals surface area contributed by atoms with Gasteiger partial charge in [-0.25, -0.2) is 0 Å². The van der Waals surface area contributed by atoms with Gasteiger partial charge in [0.05, 0.1) is 24.3 Å². The van der Waals surface area contributed by atoms with Gasteiger partial charge in [0.1, 0.15) is 0 Å². The van der Waals surface area contributed by atoms with Crippen molar-refractivity contribution in [3.05, 3.63) is 22.7 Å². The first-order valence-electron chi connectivity index (χ1n) is 8.03. The van der Waals surface area contributed by atoms with E-state index in [4.69, 9.17) is 21.1 Å². The van der Waals surface area contributed by atoms with Gasteiger partial charge in [0, 0.05) is 6.42 Å². The number of hydrogen-bond acceptors (Lipinski definition) is 3. The molecule has 0 spiro atoms. The van der Waals surface area contributed by atoms with E-state index < -0.39 is 6.10 Å². The van der Waals surface area contributed by atoms with Crippen LogP contribution >= 0.6 is 11.6 Å². The molecule has 3 rings (SSSR count). The highest BCUT2D eigenvalue weighted by Gasteiger charge is 2.25. The van der Waals surface area contributed by atoms with E-state index in [1.165, 1.54) is 25.7 Å². The van der Waals surface area contributed by atoms with Gasteiger partial charge in [-0.1, -0.05) is 37.3 Å². The third kappa shape index (κ3) is 3.46. The zero-order valence-corrected chi connectivity index (χ0v) is 13.1. The van der Waals surface area contributed by atoms with Crippen LogP contribution in [0.3, 0.4) is 0 Å². The predicted molar refractivity (Wildman–Crippen MR) is 83.2 cm³/mol. The van der Waals surface area contributed by atoms with E-state index in [0.29, 0.717) is 35.7 Å². The number of aliphatic hydroxyl groups is 1. The lowest BCUT2D eigenvalue weighted by molar-refractivity contribution is 0.0984. The molecule has 0 radical (unpaired) electrons. The number of fused-ring (bicyclic) bond motifs is 1. The zero-order chi connectivity index (χ0) is 14.7. The van der Waals surface area contributed by atoms with Crippen LogP contribution in [0, 0.1) is 5.92 Å². The number of rotatable bonds is 2. The lowest BCUT2D eigenvalue weighted by Crippen LogP contribution is -2.12. The molecule has 1 fully saturated rings. The Labute approximate surface area is 131 Å². The van der Waals surface area contributed by atoms with Crippen LogP contribution in [-0.4, -0.2) is 18.3 Å². The van der Waals surface area contributed by atoms with Gasteiger partial charge in [-0.05, 0) is 36.5 Å². The second-order valence-electron chi connectivity index (χ2n) is 6.08. The second kappa shape index (κ2) is 6.89. The Hall–Kier alpha value is -0.930. The van der Waals surface area contributed by atoms with Gasteiger partial charge in [0.25, 0.3) is 0 Å². The van der Waals surface area contributed by atoms with Crippen molar-refractivity contribution in [1.82, 2.24) is 0 Å². The van der Waals surface area contributed by atoms with Gasteiger partial charge >= 0.3 is 0 Å². The van der Waals surface area contributed by atoms with Crippen molar-refractivity contribution in [3.8, 4) is 11.5 Å². The predicted octanol–water partition coefficient (Wildman–Crippen LogP) is 4.51. The molecule has 1 saturated carbocycles. The summed E-state index contributed by atoms with van der Waals surface area (Å²) in [6, 6.07) is 3.74. The summed E-state index contributed by atoms with van der Waals surface area (Å²) in [4.78, 5) is 0. The van der Waals surface area contributed by atoms with Crippen LogP contribution in [0.4, 0.5) is 0 Å². The number of ether oxygens (including phenoxy) is 2. The van der Waals surface area contributed by atoms with Crippen LogP contribution in [-0.2, 0) is 0 Å². The Balaban J connectivity index is 1.84. The van der Waals surface area contributed by atoms with Crippen LogP contribution in [0.1, 0.15) is 56.6 Å². The van der Waals surface area contributed by atoms with Gasteiger partial charge in [-0.2, -0.15) is 0 Å². The van der Waals surface area contributed by atoms with E-state index >= 15 is 0 Å². The standard InChI is InChI=1S/C17H23ClO3/c18-14-10-13(11-15-17(14)21-9-5-8-20-15)16(19)12-6-3-1-2-4-7-12/h10-12,16,19H,1-9H2. The van der Waals surface area contributed by atoms with E-state index in [9.17, 15) is 5.11 Å². The molecular formula is C17H23ClO3. The van der Waals surface area contributed by atoms with Crippen molar-refractivity contribution in [2.24, 2.45) is 5.92 Å². The third-order valence-electron chi connectivity index (χ3n) is 4.51. The molecule has 1 heterocycles. The highest BCUT2D eigenvalue weighted by atomic mass is 35.5.